The van der Waals surface area contributed by atoms with Crippen molar-refractivity contribution >= 4 is 48.6 Å². The summed E-state index contributed by atoms with van der Waals surface area (Å²) in [7, 11) is 1.42. The van der Waals surface area contributed by atoms with Crippen LogP contribution in [0, 0.1) is 0 Å². The molecule has 0 aliphatic heterocycles. The van der Waals surface area contributed by atoms with Crippen molar-refractivity contribution in [3.05, 3.63) is 91.0 Å². The minimum absolute atomic E-state index is 0.191. The van der Waals surface area contributed by atoms with Crippen LogP contribution in [-0.4, -0.2) is 25.1 Å². The molecule has 3 rings (SSSR count). The number of hydrogen-bond acceptors (Lipinski definition) is 4. The number of ether oxygens (including phenoxy) is 1. The SMILES string of the molecule is CON=C(C)OC(=O)CCP(Br)(c1ccccc1)(c1ccccc1)c1ccccc1. The van der Waals surface area contributed by atoms with Crippen molar-refractivity contribution in [3.63, 3.8) is 0 Å². The first-order valence-electron chi connectivity index (χ1n) is 9.67. The fraction of sp³-hybridized carbons (Fsp3) is 0.167. The van der Waals surface area contributed by atoms with E-state index in [9.17, 15) is 4.79 Å². The van der Waals surface area contributed by atoms with Gasteiger partial charge in [-0.25, -0.2) is 0 Å². The summed E-state index contributed by atoms with van der Waals surface area (Å²) >= 11 is 4.31. The molecule has 30 heavy (non-hydrogen) atoms. The number of esters is 1. The average Bonchev–Trinajstić information content (AvgIpc) is 2.79. The molecule has 0 unspecified atom stereocenters. The molecule has 0 bridgehead atoms. The molecule has 0 aromatic heterocycles. The Balaban J connectivity index is 2.15. The van der Waals surface area contributed by atoms with Crippen molar-refractivity contribution < 1.29 is 14.4 Å². The van der Waals surface area contributed by atoms with E-state index in [1.807, 2.05) is 54.6 Å². The minimum atomic E-state index is -3.13. The fourth-order valence-electron chi connectivity index (χ4n) is 3.72. The van der Waals surface area contributed by atoms with Gasteiger partial charge in [-0.2, -0.15) is 0 Å². The third-order valence-corrected chi connectivity index (χ3v) is 15.0. The van der Waals surface area contributed by atoms with Crippen LogP contribution in [0.3, 0.4) is 0 Å². The summed E-state index contributed by atoms with van der Waals surface area (Å²) in [5.41, 5.74) is 0. The number of rotatable bonds is 7. The molecule has 0 N–H and O–H groups in total. The predicted octanol–water partition coefficient (Wildman–Crippen LogP) is 4.74. The zero-order valence-corrected chi connectivity index (χ0v) is 19.6. The summed E-state index contributed by atoms with van der Waals surface area (Å²) in [5, 5.41) is 4.03. The van der Waals surface area contributed by atoms with Gasteiger partial charge in [0.15, 0.2) is 0 Å². The molecule has 0 saturated heterocycles. The van der Waals surface area contributed by atoms with Crippen LogP contribution >= 0.6 is 20.8 Å². The molecule has 3 aromatic carbocycles. The molecule has 6 heteroatoms. The standard InChI is InChI=1S/C24H25BrNO3P/c1-20(26-28-2)29-24(27)18-19-30(25,21-12-6-3-7-13-21,22-14-8-4-9-15-22)23-16-10-5-11-17-23/h3-17H,18-19H2,1-2H3. The summed E-state index contributed by atoms with van der Waals surface area (Å²) in [6, 6.07) is 31.1. The molecule has 0 radical (unpaired) electrons. The van der Waals surface area contributed by atoms with E-state index in [-0.39, 0.29) is 18.3 Å². The number of halogens is 1. The van der Waals surface area contributed by atoms with E-state index in [4.69, 9.17) is 4.74 Å². The van der Waals surface area contributed by atoms with Gasteiger partial charge in [0.2, 0.25) is 0 Å². The van der Waals surface area contributed by atoms with Crippen LogP contribution in [0.4, 0.5) is 0 Å². The Bertz CT molecular complexity index is 911. The van der Waals surface area contributed by atoms with E-state index in [0.29, 0.717) is 6.16 Å². The number of benzene rings is 3. The summed E-state index contributed by atoms with van der Waals surface area (Å²) in [4.78, 5) is 17.3. The van der Waals surface area contributed by atoms with E-state index >= 15 is 0 Å². The average molecular weight is 486 g/mol. The zero-order valence-electron chi connectivity index (χ0n) is 17.1. The van der Waals surface area contributed by atoms with Gasteiger partial charge in [0.05, 0.1) is 0 Å². The van der Waals surface area contributed by atoms with Gasteiger partial charge in [-0.05, 0) is 0 Å². The van der Waals surface area contributed by atoms with Gasteiger partial charge in [0, 0.05) is 0 Å². The first kappa shape index (κ1) is 22.2. The van der Waals surface area contributed by atoms with E-state index < -0.39 is 5.31 Å². The molecule has 0 amide bonds. The molecule has 0 fully saturated rings. The van der Waals surface area contributed by atoms with E-state index in [2.05, 4.69) is 61.9 Å². The Kier molecular flexibility index (Phi) is 7.06. The number of nitrogens with zero attached hydrogens (tertiary/aromatic N) is 1. The maximum atomic E-state index is 12.7. The summed E-state index contributed by atoms with van der Waals surface area (Å²) < 4.78 is 5.32. The molecule has 156 valence electrons. The van der Waals surface area contributed by atoms with Crippen molar-refractivity contribution in [2.45, 2.75) is 13.3 Å². The van der Waals surface area contributed by atoms with Crippen molar-refractivity contribution in [1.82, 2.24) is 0 Å². The predicted molar refractivity (Wildman–Crippen MR) is 130 cm³/mol. The van der Waals surface area contributed by atoms with Gasteiger partial charge in [0.1, 0.15) is 0 Å². The molecule has 0 aliphatic carbocycles. The van der Waals surface area contributed by atoms with Gasteiger partial charge in [-0.1, -0.05) is 0 Å². The third kappa shape index (κ3) is 4.33. The molecule has 0 spiro atoms. The van der Waals surface area contributed by atoms with Crippen molar-refractivity contribution in [3.8, 4) is 0 Å². The number of hydrogen-bond donors (Lipinski definition) is 0. The van der Waals surface area contributed by atoms with E-state index in [0.717, 1.165) is 15.9 Å². The first-order valence-corrected chi connectivity index (χ1v) is 14.1. The van der Waals surface area contributed by atoms with Gasteiger partial charge >= 0.3 is 186 Å². The number of oxime groups is 1. The van der Waals surface area contributed by atoms with Crippen LogP contribution in [0.2, 0.25) is 0 Å². The van der Waals surface area contributed by atoms with Crippen LogP contribution in [-0.2, 0) is 14.4 Å². The summed E-state index contributed by atoms with van der Waals surface area (Å²) in [6.07, 6.45) is 0.793. The van der Waals surface area contributed by atoms with Crippen LogP contribution in [0.5, 0.6) is 0 Å². The van der Waals surface area contributed by atoms with Crippen LogP contribution in [0.25, 0.3) is 0 Å². The van der Waals surface area contributed by atoms with Crippen molar-refractivity contribution in [2.75, 3.05) is 13.3 Å². The second-order valence-electron chi connectivity index (χ2n) is 6.93. The zero-order chi connectivity index (χ0) is 21.5. The van der Waals surface area contributed by atoms with E-state index in [1.165, 1.54) is 7.11 Å². The van der Waals surface area contributed by atoms with Gasteiger partial charge in [0.25, 0.3) is 0 Å². The monoisotopic (exact) mass is 485 g/mol. The molecule has 3 aromatic rings. The van der Waals surface area contributed by atoms with Gasteiger partial charge in [-0.15, -0.1) is 0 Å². The fourth-order valence-corrected chi connectivity index (χ4v) is 11.0. The number of carbonyl (C=O) groups is 1. The third-order valence-electron chi connectivity index (χ3n) is 5.10. The van der Waals surface area contributed by atoms with Crippen LogP contribution < -0.4 is 15.9 Å². The Morgan fingerprint density at radius 2 is 1.23 bits per heavy atom. The molecule has 0 atom stereocenters. The van der Waals surface area contributed by atoms with Crippen molar-refractivity contribution in [2.24, 2.45) is 5.16 Å². The second-order valence-corrected chi connectivity index (χ2v) is 16.0. The summed E-state index contributed by atoms with van der Waals surface area (Å²) in [6.45, 7) is 1.60. The Hall–Kier alpha value is -2.49. The quantitative estimate of drug-likeness (QED) is 0.159. The number of carbonyl (C=O) groups excluding carboxylic acids is 1. The van der Waals surface area contributed by atoms with Crippen molar-refractivity contribution in [1.29, 1.82) is 0 Å². The van der Waals surface area contributed by atoms with Gasteiger partial charge < -0.3 is 0 Å². The van der Waals surface area contributed by atoms with E-state index in [1.54, 1.807) is 6.92 Å². The Morgan fingerprint density at radius 3 is 1.60 bits per heavy atom. The Labute approximate surface area is 185 Å². The van der Waals surface area contributed by atoms with Gasteiger partial charge in [-0.3, -0.25) is 0 Å². The normalized spacial score (nSPS) is 13.2. The second kappa shape index (κ2) is 9.55. The topological polar surface area (TPSA) is 47.9 Å². The molecule has 0 aliphatic rings. The molecule has 0 heterocycles. The van der Waals surface area contributed by atoms with Crippen LogP contribution in [0.1, 0.15) is 13.3 Å². The van der Waals surface area contributed by atoms with Crippen LogP contribution in [0.15, 0.2) is 96.2 Å². The first-order chi connectivity index (χ1) is 14.5. The Morgan fingerprint density at radius 1 is 0.833 bits per heavy atom. The summed E-state index contributed by atoms with van der Waals surface area (Å²) in [5.74, 6) is -0.152. The molecular weight excluding hydrogens is 461 g/mol. The molecular formula is C24H25BrNO3P. The molecule has 0 saturated carbocycles. The molecule has 4 nitrogen and oxygen atoms in total. The maximum absolute atomic E-state index is 12.7.